The Morgan fingerprint density at radius 1 is 1.54 bits per heavy atom. The molecule has 0 heterocycles. The van der Waals surface area contributed by atoms with Crippen LogP contribution in [0.3, 0.4) is 0 Å². The number of carboxylic acid groups (broad SMARTS) is 1. The van der Waals surface area contributed by atoms with E-state index in [1.165, 1.54) is 12.1 Å². The molecule has 3 N–H and O–H groups in total. The van der Waals surface area contributed by atoms with Crippen LogP contribution in [-0.4, -0.2) is 22.7 Å². The molecule has 0 fully saturated rings. The highest BCUT2D eigenvalue weighted by Crippen LogP contribution is 2.20. The number of carboxylic acids is 1. The molecule has 0 saturated carbocycles. The van der Waals surface area contributed by atoms with Gasteiger partial charge in [0.2, 0.25) is 0 Å². The molecule has 70 valence electrons. The summed E-state index contributed by atoms with van der Waals surface area (Å²) in [5.74, 6) is -1.34. The number of nitrogens with one attached hydrogen (secondary N) is 1. The van der Waals surface area contributed by atoms with E-state index in [0.29, 0.717) is 12.2 Å². The monoisotopic (exact) mass is 181 g/mol. The van der Waals surface area contributed by atoms with Crippen molar-refractivity contribution in [1.82, 2.24) is 0 Å². The highest BCUT2D eigenvalue weighted by Gasteiger charge is 2.09. The van der Waals surface area contributed by atoms with E-state index in [9.17, 15) is 4.79 Å². The summed E-state index contributed by atoms with van der Waals surface area (Å²) in [7, 11) is 0. The van der Waals surface area contributed by atoms with Gasteiger partial charge in [-0.1, -0.05) is 0 Å². The van der Waals surface area contributed by atoms with Crippen LogP contribution in [0, 0.1) is 0 Å². The molecule has 0 radical (unpaired) electrons. The van der Waals surface area contributed by atoms with Crippen molar-refractivity contribution in [2.45, 2.75) is 6.92 Å². The van der Waals surface area contributed by atoms with Crippen LogP contribution in [0.4, 0.5) is 5.69 Å². The van der Waals surface area contributed by atoms with Gasteiger partial charge in [0.15, 0.2) is 0 Å². The summed E-state index contributed by atoms with van der Waals surface area (Å²) in [6, 6.07) is 4.40. The van der Waals surface area contributed by atoms with Crippen molar-refractivity contribution in [3.63, 3.8) is 0 Å². The summed E-state index contributed by atoms with van der Waals surface area (Å²) in [5.41, 5.74) is 0.608. The maximum Gasteiger partial charge on any atom is 0.339 e. The Kier molecular flexibility index (Phi) is 2.74. The van der Waals surface area contributed by atoms with Gasteiger partial charge in [-0.2, -0.15) is 0 Å². The molecule has 1 aromatic rings. The van der Waals surface area contributed by atoms with E-state index in [-0.39, 0.29) is 11.3 Å². The van der Waals surface area contributed by atoms with Crippen LogP contribution in [0.2, 0.25) is 0 Å². The van der Waals surface area contributed by atoms with E-state index in [1.807, 2.05) is 6.92 Å². The normalized spacial score (nSPS) is 9.62. The lowest BCUT2D eigenvalue weighted by Crippen LogP contribution is -2.01. The van der Waals surface area contributed by atoms with Gasteiger partial charge in [0.05, 0.1) is 0 Å². The lowest BCUT2D eigenvalue weighted by atomic mass is 10.2. The highest BCUT2D eigenvalue weighted by molar-refractivity contribution is 5.91. The third-order valence-corrected chi connectivity index (χ3v) is 1.61. The first-order valence-corrected chi connectivity index (χ1v) is 3.95. The van der Waals surface area contributed by atoms with E-state index in [4.69, 9.17) is 10.2 Å². The van der Waals surface area contributed by atoms with Crippen LogP contribution in [-0.2, 0) is 0 Å². The molecular formula is C9H11NO3. The molecule has 1 aromatic carbocycles. The van der Waals surface area contributed by atoms with Gasteiger partial charge < -0.3 is 15.5 Å². The molecule has 0 atom stereocenters. The molecule has 0 aliphatic carbocycles. The van der Waals surface area contributed by atoms with E-state index in [0.717, 1.165) is 0 Å². The number of carbonyl (C=O) groups is 1. The standard InChI is InChI=1S/C9H11NO3/c1-2-10-6-3-4-8(11)7(5-6)9(12)13/h3-5,10-11H,2H2,1H3,(H,12,13). The van der Waals surface area contributed by atoms with Crippen LogP contribution in [0.15, 0.2) is 18.2 Å². The second kappa shape index (κ2) is 3.80. The first kappa shape index (κ1) is 9.38. The molecule has 0 amide bonds. The van der Waals surface area contributed by atoms with Crippen molar-refractivity contribution in [1.29, 1.82) is 0 Å². The van der Waals surface area contributed by atoms with E-state index >= 15 is 0 Å². The van der Waals surface area contributed by atoms with Crippen molar-refractivity contribution in [2.24, 2.45) is 0 Å². The van der Waals surface area contributed by atoms with Crippen molar-refractivity contribution in [2.75, 3.05) is 11.9 Å². The molecule has 0 aliphatic rings. The third-order valence-electron chi connectivity index (χ3n) is 1.61. The lowest BCUT2D eigenvalue weighted by Gasteiger charge is -2.05. The van der Waals surface area contributed by atoms with Crippen LogP contribution in [0.5, 0.6) is 5.75 Å². The molecular weight excluding hydrogens is 170 g/mol. The molecule has 13 heavy (non-hydrogen) atoms. The molecule has 4 nitrogen and oxygen atoms in total. The van der Waals surface area contributed by atoms with Crippen molar-refractivity contribution >= 4 is 11.7 Å². The van der Waals surface area contributed by atoms with Gasteiger partial charge in [-0.15, -0.1) is 0 Å². The second-order valence-electron chi connectivity index (χ2n) is 2.57. The average molecular weight is 181 g/mol. The van der Waals surface area contributed by atoms with Crippen LogP contribution < -0.4 is 5.32 Å². The first-order valence-electron chi connectivity index (χ1n) is 3.95. The molecule has 1 rings (SSSR count). The number of hydrogen-bond donors (Lipinski definition) is 3. The first-order chi connectivity index (χ1) is 6.15. The van der Waals surface area contributed by atoms with Crippen molar-refractivity contribution in [3.8, 4) is 5.75 Å². The third kappa shape index (κ3) is 2.11. The van der Waals surface area contributed by atoms with Gasteiger partial charge in [-0.3, -0.25) is 0 Å². The Morgan fingerprint density at radius 2 is 2.23 bits per heavy atom. The predicted octanol–water partition coefficient (Wildman–Crippen LogP) is 1.52. The minimum atomic E-state index is -1.13. The van der Waals surface area contributed by atoms with Gasteiger partial charge in [-0.05, 0) is 25.1 Å². The molecule has 0 unspecified atom stereocenters. The zero-order chi connectivity index (χ0) is 9.84. The molecule has 0 spiro atoms. The number of phenols is 1. The summed E-state index contributed by atoms with van der Waals surface area (Å²) in [4.78, 5) is 10.6. The molecule has 0 bridgehead atoms. The minimum absolute atomic E-state index is 0.0848. The largest absolute Gasteiger partial charge is 0.507 e. The van der Waals surface area contributed by atoms with Gasteiger partial charge in [-0.25, -0.2) is 4.79 Å². The minimum Gasteiger partial charge on any atom is -0.507 e. The molecule has 0 aromatic heterocycles. The molecule has 4 heteroatoms. The van der Waals surface area contributed by atoms with Crippen molar-refractivity contribution in [3.05, 3.63) is 23.8 Å². The van der Waals surface area contributed by atoms with Gasteiger partial charge in [0.25, 0.3) is 0 Å². The number of anilines is 1. The van der Waals surface area contributed by atoms with Crippen LogP contribution in [0.1, 0.15) is 17.3 Å². The summed E-state index contributed by atoms with van der Waals surface area (Å²) in [5, 5.41) is 20.8. The fraction of sp³-hybridized carbons (Fsp3) is 0.222. The Hall–Kier alpha value is -1.71. The number of aromatic hydroxyl groups is 1. The van der Waals surface area contributed by atoms with Crippen molar-refractivity contribution < 1.29 is 15.0 Å². The van der Waals surface area contributed by atoms with E-state index < -0.39 is 5.97 Å². The smallest absolute Gasteiger partial charge is 0.339 e. The Bertz CT molecular complexity index is 323. The molecule has 0 aliphatic heterocycles. The number of rotatable bonds is 3. The number of benzene rings is 1. The van der Waals surface area contributed by atoms with Crippen LogP contribution in [0.25, 0.3) is 0 Å². The topological polar surface area (TPSA) is 69.6 Å². The summed E-state index contributed by atoms with van der Waals surface area (Å²) in [6.07, 6.45) is 0. The summed E-state index contributed by atoms with van der Waals surface area (Å²) in [6.45, 7) is 2.62. The Balaban J connectivity index is 3.04. The zero-order valence-corrected chi connectivity index (χ0v) is 7.24. The van der Waals surface area contributed by atoms with Gasteiger partial charge in [0.1, 0.15) is 11.3 Å². The second-order valence-corrected chi connectivity index (χ2v) is 2.57. The van der Waals surface area contributed by atoms with E-state index in [1.54, 1.807) is 6.07 Å². The predicted molar refractivity (Wildman–Crippen MR) is 49.2 cm³/mol. The average Bonchev–Trinajstić information content (AvgIpc) is 2.08. The highest BCUT2D eigenvalue weighted by atomic mass is 16.4. The van der Waals surface area contributed by atoms with Gasteiger partial charge in [0, 0.05) is 12.2 Å². The maximum absolute atomic E-state index is 10.6. The maximum atomic E-state index is 10.6. The zero-order valence-electron chi connectivity index (χ0n) is 7.24. The Morgan fingerprint density at radius 3 is 2.77 bits per heavy atom. The quantitative estimate of drug-likeness (QED) is 0.618. The van der Waals surface area contributed by atoms with Crippen LogP contribution >= 0.6 is 0 Å². The Labute approximate surface area is 75.8 Å². The molecule has 0 saturated heterocycles. The summed E-state index contributed by atoms with van der Waals surface area (Å²) >= 11 is 0. The fourth-order valence-electron chi connectivity index (χ4n) is 1.02. The lowest BCUT2D eigenvalue weighted by molar-refractivity contribution is 0.0694. The number of aromatic carboxylic acids is 1. The van der Waals surface area contributed by atoms with E-state index in [2.05, 4.69) is 5.32 Å². The van der Waals surface area contributed by atoms with Gasteiger partial charge >= 0.3 is 5.97 Å². The summed E-state index contributed by atoms with van der Waals surface area (Å²) < 4.78 is 0. The fourth-order valence-corrected chi connectivity index (χ4v) is 1.02. The number of hydrogen-bond acceptors (Lipinski definition) is 3. The SMILES string of the molecule is CCNc1ccc(O)c(C(=O)O)c1.